The standard InChI is InChI=1S/C19H15N5/c1-2-5-15(6-3-1)18-11-13-20-19(23-18)22-16-7-9-17(10-8-16)24-14-4-12-21-24/h1-14H,(H,20,22,23). The summed E-state index contributed by atoms with van der Waals surface area (Å²) in [4.78, 5) is 8.86. The molecule has 0 aliphatic heterocycles. The van der Waals surface area contributed by atoms with Gasteiger partial charge in [-0.15, -0.1) is 0 Å². The molecule has 2 aromatic carbocycles. The second-order valence-corrected chi connectivity index (χ2v) is 5.25. The maximum atomic E-state index is 4.57. The smallest absolute Gasteiger partial charge is 0.227 e. The molecule has 0 radical (unpaired) electrons. The molecule has 0 fully saturated rings. The highest BCUT2D eigenvalue weighted by Gasteiger charge is 2.03. The van der Waals surface area contributed by atoms with Crippen molar-refractivity contribution in [3.05, 3.63) is 85.3 Å². The average molecular weight is 313 g/mol. The van der Waals surface area contributed by atoms with Crippen molar-refractivity contribution in [3.63, 3.8) is 0 Å². The Kier molecular flexibility index (Phi) is 3.73. The molecule has 0 saturated carbocycles. The molecule has 0 spiro atoms. The maximum absolute atomic E-state index is 4.57. The van der Waals surface area contributed by atoms with Gasteiger partial charge in [0.05, 0.1) is 11.4 Å². The minimum Gasteiger partial charge on any atom is -0.324 e. The Bertz CT molecular complexity index is 916. The van der Waals surface area contributed by atoms with Crippen LogP contribution in [-0.4, -0.2) is 19.7 Å². The predicted molar refractivity (Wildman–Crippen MR) is 94.3 cm³/mol. The van der Waals surface area contributed by atoms with Crippen molar-refractivity contribution >= 4 is 11.6 Å². The van der Waals surface area contributed by atoms with Crippen LogP contribution in [0.5, 0.6) is 0 Å². The fourth-order valence-corrected chi connectivity index (χ4v) is 2.44. The van der Waals surface area contributed by atoms with E-state index in [1.807, 2.05) is 77.6 Å². The molecule has 0 saturated heterocycles. The van der Waals surface area contributed by atoms with E-state index in [1.165, 1.54) is 0 Å². The maximum Gasteiger partial charge on any atom is 0.227 e. The normalized spacial score (nSPS) is 10.5. The van der Waals surface area contributed by atoms with E-state index in [-0.39, 0.29) is 0 Å². The average Bonchev–Trinajstić information content (AvgIpc) is 3.18. The third-order valence-corrected chi connectivity index (χ3v) is 3.62. The van der Waals surface area contributed by atoms with E-state index >= 15 is 0 Å². The van der Waals surface area contributed by atoms with E-state index in [1.54, 1.807) is 12.4 Å². The Balaban J connectivity index is 1.55. The largest absolute Gasteiger partial charge is 0.324 e. The number of nitrogens with zero attached hydrogens (tertiary/aromatic N) is 4. The summed E-state index contributed by atoms with van der Waals surface area (Å²) in [7, 11) is 0. The summed E-state index contributed by atoms with van der Waals surface area (Å²) in [6.07, 6.45) is 5.43. The summed E-state index contributed by atoms with van der Waals surface area (Å²) in [6, 6.07) is 21.8. The number of hydrogen-bond donors (Lipinski definition) is 1. The number of aromatic nitrogens is 4. The summed E-state index contributed by atoms with van der Waals surface area (Å²) >= 11 is 0. The lowest BCUT2D eigenvalue weighted by Crippen LogP contribution is -1.99. The third kappa shape index (κ3) is 3.01. The molecule has 5 heteroatoms. The molecule has 2 heterocycles. The number of rotatable bonds is 4. The zero-order valence-electron chi connectivity index (χ0n) is 12.9. The zero-order chi connectivity index (χ0) is 16.2. The van der Waals surface area contributed by atoms with Crippen molar-refractivity contribution in [2.24, 2.45) is 0 Å². The molecule has 0 amide bonds. The van der Waals surface area contributed by atoms with Crippen molar-refractivity contribution in [1.29, 1.82) is 0 Å². The minimum atomic E-state index is 0.572. The van der Waals surface area contributed by atoms with Crippen LogP contribution >= 0.6 is 0 Å². The van der Waals surface area contributed by atoms with E-state index in [2.05, 4.69) is 20.4 Å². The van der Waals surface area contributed by atoms with Gasteiger partial charge in [-0.05, 0) is 36.4 Å². The van der Waals surface area contributed by atoms with E-state index in [0.29, 0.717) is 5.95 Å². The van der Waals surface area contributed by atoms with Gasteiger partial charge in [-0.25, -0.2) is 14.6 Å². The van der Waals surface area contributed by atoms with Gasteiger partial charge < -0.3 is 5.32 Å². The van der Waals surface area contributed by atoms with E-state index in [0.717, 1.165) is 22.6 Å². The Hall–Kier alpha value is -3.47. The van der Waals surface area contributed by atoms with Crippen LogP contribution in [0.25, 0.3) is 16.9 Å². The van der Waals surface area contributed by atoms with Gasteiger partial charge in [-0.2, -0.15) is 5.10 Å². The molecule has 0 atom stereocenters. The summed E-state index contributed by atoms with van der Waals surface area (Å²) in [5.41, 5.74) is 3.89. The van der Waals surface area contributed by atoms with Crippen LogP contribution in [0.3, 0.4) is 0 Å². The number of benzene rings is 2. The molecule has 0 aliphatic carbocycles. The Labute approximate surface area is 139 Å². The first-order chi connectivity index (χ1) is 11.9. The van der Waals surface area contributed by atoms with Gasteiger partial charge in [0.25, 0.3) is 0 Å². The van der Waals surface area contributed by atoms with Crippen LogP contribution in [0.2, 0.25) is 0 Å². The first-order valence-corrected chi connectivity index (χ1v) is 7.64. The van der Waals surface area contributed by atoms with Crippen molar-refractivity contribution in [2.75, 3.05) is 5.32 Å². The summed E-state index contributed by atoms with van der Waals surface area (Å²) in [5, 5.41) is 7.45. The van der Waals surface area contributed by atoms with Crippen LogP contribution < -0.4 is 5.32 Å². The molecule has 5 nitrogen and oxygen atoms in total. The summed E-state index contributed by atoms with van der Waals surface area (Å²) in [6.45, 7) is 0. The van der Waals surface area contributed by atoms with Gasteiger partial charge in [0.15, 0.2) is 0 Å². The lowest BCUT2D eigenvalue weighted by atomic mass is 10.1. The molecule has 1 N–H and O–H groups in total. The molecule has 24 heavy (non-hydrogen) atoms. The van der Waals surface area contributed by atoms with Crippen molar-refractivity contribution < 1.29 is 0 Å². The molecule has 2 aromatic heterocycles. The van der Waals surface area contributed by atoms with Crippen LogP contribution in [0, 0.1) is 0 Å². The molecular weight excluding hydrogens is 298 g/mol. The highest BCUT2D eigenvalue weighted by molar-refractivity contribution is 5.62. The van der Waals surface area contributed by atoms with Gasteiger partial charge in [0, 0.05) is 29.8 Å². The Morgan fingerprint density at radius 1 is 0.792 bits per heavy atom. The number of anilines is 2. The second kappa shape index (κ2) is 6.34. The molecular formula is C19H15N5. The SMILES string of the molecule is c1ccc(-c2ccnc(Nc3ccc(-n4cccn4)cc3)n2)cc1. The van der Waals surface area contributed by atoms with E-state index in [9.17, 15) is 0 Å². The zero-order valence-corrected chi connectivity index (χ0v) is 12.9. The molecule has 4 rings (SSSR count). The van der Waals surface area contributed by atoms with E-state index < -0.39 is 0 Å². The molecule has 116 valence electrons. The topological polar surface area (TPSA) is 55.6 Å². The first-order valence-electron chi connectivity index (χ1n) is 7.64. The molecule has 0 unspecified atom stereocenters. The Morgan fingerprint density at radius 3 is 2.38 bits per heavy atom. The van der Waals surface area contributed by atoms with Crippen molar-refractivity contribution in [1.82, 2.24) is 19.7 Å². The van der Waals surface area contributed by atoms with Crippen LogP contribution in [0.15, 0.2) is 85.3 Å². The third-order valence-electron chi connectivity index (χ3n) is 3.62. The molecule has 4 aromatic rings. The van der Waals surface area contributed by atoms with Gasteiger partial charge in [-0.1, -0.05) is 30.3 Å². The summed E-state index contributed by atoms with van der Waals surface area (Å²) in [5.74, 6) is 0.572. The van der Waals surface area contributed by atoms with Crippen molar-refractivity contribution in [3.8, 4) is 16.9 Å². The first kappa shape index (κ1) is 14.1. The monoisotopic (exact) mass is 313 g/mol. The highest BCUT2D eigenvalue weighted by atomic mass is 15.3. The number of nitrogens with one attached hydrogen (secondary N) is 1. The summed E-state index contributed by atoms with van der Waals surface area (Å²) < 4.78 is 1.82. The van der Waals surface area contributed by atoms with Gasteiger partial charge in [0.2, 0.25) is 5.95 Å². The van der Waals surface area contributed by atoms with Gasteiger partial charge in [-0.3, -0.25) is 0 Å². The predicted octanol–water partition coefficient (Wildman–Crippen LogP) is 4.07. The van der Waals surface area contributed by atoms with E-state index in [4.69, 9.17) is 0 Å². The second-order valence-electron chi connectivity index (χ2n) is 5.25. The van der Waals surface area contributed by atoms with Crippen LogP contribution in [0.4, 0.5) is 11.6 Å². The van der Waals surface area contributed by atoms with Gasteiger partial charge in [0.1, 0.15) is 0 Å². The minimum absolute atomic E-state index is 0.572. The molecule has 0 aliphatic rings. The lowest BCUT2D eigenvalue weighted by molar-refractivity contribution is 0.881. The van der Waals surface area contributed by atoms with Gasteiger partial charge >= 0.3 is 0 Å². The Morgan fingerprint density at radius 2 is 1.62 bits per heavy atom. The van der Waals surface area contributed by atoms with Crippen molar-refractivity contribution in [2.45, 2.75) is 0 Å². The quantitative estimate of drug-likeness (QED) is 0.617. The van der Waals surface area contributed by atoms with Crippen LogP contribution in [-0.2, 0) is 0 Å². The fraction of sp³-hybridized carbons (Fsp3) is 0. The van der Waals surface area contributed by atoms with Crippen LogP contribution in [0.1, 0.15) is 0 Å². The number of hydrogen-bond acceptors (Lipinski definition) is 4. The fourth-order valence-electron chi connectivity index (χ4n) is 2.44. The highest BCUT2D eigenvalue weighted by Crippen LogP contribution is 2.20. The molecule has 0 bridgehead atoms. The lowest BCUT2D eigenvalue weighted by Gasteiger charge is -2.08.